The normalized spacial score (nSPS) is 20.8. The summed E-state index contributed by atoms with van der Waals surface area (Å²) in [6.45, 7) is 0. The molecule has 1 fully saturated rings. The van der Waals surface area contributed by atoms with Crippen molar-refractivity contribution in [2.75, 3.05) is 10.6 Å². The molecular weight excluding hydrogens is 325 g/mol. The van der Waals surface area contributed by atoms with Crippen molar-refractivity contribution in [2.24, 2.45) is 0 Å². The summed E-state index contributed by atoms with van der Waals surface area (Å²) in [5, 5.41) is 38.3. The topological polar surface area (TPSA) is 123 Å². The summed E-state index contributed by atoms with van der Waals surface area (Å²) >= 11 is 0. The van der Waals surface area contributed by atoms with E-state index in [1.165, 1.54) is 18.3 Å². The first-order valence-corrected chi connectivity index (χ1v) is 8.00. The first kappa shape index (κ1) is 16.9. The lowest BCUT2D eigenvalue weighted by Gasteiger charge is -2.27. The number of anilines is 2. The monoisotopic (exact) mass is 343 g/mol. The van der Waals surface area contributed by atoms with Gasteiger partial charge in [-0.2, -0.15) is 10.5 Å². The van der Waals surface area contributed by atoms with Crippen LogP contribution in [0.15, 0.2) is 24.4 Å². The fourth-order valence-electron chi connectivity index (χ4n) is 2.77. The van der Waals surface area contributed by atoms with Crippen LogP contribution in [-0.4, -0.2) is 37.9 Å². The van der Waals surface area contributed by atoms with Crippen LogP contribution in [0.4, 0.5) is 15.8 Å². The van der Waals surface area contributed by atoms with Crippen LogP contribution in [0.25, 0.3) is 5.57 Å². The Bertz CT molecular complexity index is 776. The first-order valence-electron chi connectivity index (χ1n) is 8.00. The number of nitriles is 1. The molecule has 8 nitrogen and oxygen atoms in total. The molecule has 130 valence electrons. The molecule has 1 aromatic heterocycles. The zero-order valence-corrected chi connectivity index (χ0v) is 13.4. The van der Waals surface area contributed by atoms with Crippen molar-refractivity contribution in [3.63, 3.8) is 0 Å². The number of nitrogens with one attached hydrogen (secondary N) is 3. The number of H-pyrrole nitrogens is 1. The van der Waals surface area contributed by atoms with Gasteiger partial charge in [-0.05, 0) is 49.1 Å². The Kier molecular flexibility index (Phi) is 5.20. The Morgan fingerprint density at radius 3 is 2.80 bits per heavy atom. The minimum Gasteiger partial charge on any atom is -0.393 e. The smallest absolute Gasteiger partial charge is 0.216 e. The van der Waals surface area contributed by atoms with Crippen LogP contribution >= 0.6 is 0 Å². The van der Waals surface area contributed by atoms with Gasteiger partial charge in [-0.3, -0.25) is 0 Å². The average Bonchev–Trinajstić information content (AvgIpc) is 3.14. The molecule has 1 aromatic carbocycles. The molecule has 0 saturated heterocycles. The quantitative estimate of drug-likeness (QED) is 0.613. The van der Waals surface area contributed by atoms with Crippen LogP contribution in [0.2, 0.25) is 0 Å². The van der Waals surface area contributed by atoms with Gasteiger partial charge >= 0.3 is 0 Å². The Balaban J connectivity index is 1.76. The maximum atomic E-state index is 13.6. The van der Waals surface area contributed by atoms with Crippen LogP contribution in [0, 0.1) is 17.1 Å². The summed E-state index contributed by atoms with van der Waals surface area (Å²) in [4.78, 5) is 0. The predicted octanol–water partition coefficient (Wildman–Crippen LogP) is 2.03. The van der Waals surface area contributed by atoms with E-state index in [-0.39, 0.29) is 23.5 Å². The fraction of sp³-hybridized carbons (Fsp3) is 0.375. The molecule has 3 rings (SSSR count). The fourth-order valence-corrected chi connectivity index (χ4v) is 2.77. The van der Waals surface area contributed by atoms with Gasteiger partial charge in [0.15, 0.2) is 0 Å². The molecule has 0 amide bonds. The zero-order chi connectivity index (χ0) is 17.6. The molecule has 9 heteroatoms. The molecule has 4 N–H and O–H groups in total. The average molecular weight is 343 g/mol. The first-order chi connectivity index (χ1) is 12.2. The SMILES string of the molecule is N#CC(=CNc1cc(F)ccc1NC1CCC(O)CC1)c1nn[nH]n1. The van der Waals surface area contributed by atoms with Gasteiger partial charge in [-0.15, -0.1) is 10.2 Å². The van der Waals surface area contributed by atoms with Crippen molar-refractivity contribution in [1.82, 2.24) is 20.6 Å². The van der Waals surface area contributed by atoms with E-state index >= 15 is 0 Å². The second kappa shape index (κ2) is 7.72. The second-order valence-electron chi connectivity index (χ2n) is 5.89. The van der Waals surface area contributed by atoms with Crippen molar-refractivity contribution in [2.45, 2.75) is 37.8 Å². The number of aliphatic hydroxyl groups excluding tert-OH is 1. The molecule has 1 heterocycles. The van der Waals surface area contributed by atoms with Crippen LogP contribution < -0.4 is 10.6 Å². The van der Waals surface area contributed by atoms with E-state index in [1.54, 1.807) is 6.07 Å². The van der Waals surface area contributed by atoms with E-state index in [1.807, 2.05) is 6.07 Å². The standard InChI is InChI=1S/C16H18FN7O/c17-11-1-6-14(20-12-2-4-13(25)5-3-12)15(7-11)19-9-10(8-18)16-21-23-24-22-16/h1,6-7,9,12-13,19-20,25H,2-5H2,(H,21,22,23,24). The number of hydrogen-bond acceptors (Lipinski definition) is 7. The van der Waals surface area contributed by atoms with Gasteiger partial charge in [-0.1, -0.05) is 0 Å². The van der Waals surface area contributed by atoms with Gasteiger partial charge in [0.05, 0.1) is 17.5 Å². The molecule has 0 aliphatic heterocycles. The molecular formula is C16H18FN7O. The summed E-state index contributed by atoms with van der Waals surface area (Å²) < 4.78 is 13.6. The molecule has 1 aliphatic rings. The molecule has 0 bridgehead atoms. The Hall–Kier alpha value is -2.99. The van der Waals surface area contributed by atoms with Crippen molar-refractivity contribution >= 4 is 16.9 Å². The lowest BCUT2D eigenvalue weighted by Crippen LogP contribution is -2.28. The number of allylic oxidation sites excluding steroid dienone is 1. The summed E-state index contributed by atoms with van der Waals surface area (Å²) in [7, 11) is 0. The van der Waals surface area contributed by atoms with Gasteiger partial charge in [0, 0.05) is 12.2 Å². The maximum Gasteiger partial charge on any atom is 0.216 e. The van der Waals surface area contributed by atoms with Crippen molar-refractivity contribution in [3.05, 3.63) is 36.0 Å². The van der Waals surface area contributed by atoms with E-state index in [0.717, 1.165) is 31.4 Å². The third kappa shape index (κ3) is 4.30. The Labute approximate surface area is 143 Å². The number of hydrogen-bond donors (Lipinski definition) is 4. The molecule has 0 spiro atoms. The van der Waals surface area contributed by atoms with Crippen molar-refractivity contribution in [1.29, 1.82) is 5.26 Å². The van der Waals surface area contributed by atoms with Gasteiger partial charge in [0.1, 0.15) is 17.5 Å². The number of halogens is 1. The van der Waals surface area contributed by atoms with Crippen LogP contribution in [-0.2, 0) is 0 Å². The molecule has 0 unspecified atom stereocenters. The number of aromatic amines is 1. The summed E-state index contributed by atoms with van der Waals surface area (Å²) in [6, 6.07) is 6.55. The minimum atomic E-state index is -0.390. The lowest BCUT2D eigenvalue weighted by atomic mass is 9.93. The Morgan fingerprint density at radius 2 is 2.12 bits per heavy atom. The third-order valence-corrected chi connectivity index (χ3v) is 4.12. The number of aliphatic hydroxyl groups is 1. The van der Waals surface area contributed by atoms with E-state index < -0.39 is 5.82 Å². The molecule has 1 aliphatic carbocycles. The summed E-state index contributed by atoms with van der Waals surface area (Å²) in [5.74, 6) is -0.235. The lowest BCUT2D eigenvalue weighted by molar-refractivity contribution is 0.126. The number of rotatable bonds is 5. The molecule has 0 radical (unpaired) electrons. The van der Waals surface area contributed by atoms with E-state index in [4.69, 9.17) is 0 Å². The van der Waals surface area contributed by atoms with E-state index in [2.05, 4.69) is 31.3 Å². The molecule has 25 heavy (non-hydrogen) atoms. The minimum absolute atomic E-state index is 0.155. The van der Waals surface area contributed by atoms with Gasteiger partial charge in [0.2, 0.25) is 5.82 Å². The van der Waals surface area contributed by atoms with Crippen molar-refractivity contribution in [3.8, 4) is 6.07 Å². The highest BCUT2D eigenvalue weighted by molar-refractivity contribution is 5.77. The number of aromatic nitrogens is 4. The van der Waals surface area contributed by atoms with Gasteiger partial charge in [0.25, 0.3) is 0 Å². The zero-order valence-electron chi connectivity index (χ0n) is 13.4. The summed E-state index contributed by atoms with van der Waals surface area (Å²) in [6.07, 6.45) is 4.37. The molecule has 1 saturated carbocycles. The molecule has 2 aromatic rings. The highest BCUT2D eigenvalue weighted by Crippen LogP contribution is 2.28. The maximum absolute atomic E-state index is 13.6. The third-order valence-electron chi connectivity index (χ3n) is 4.12. The second-order valence-corrected chi connectivity index (χ2v) is 5.89. The number of nitrogens with zero attached hydrogens (tertiary/aromatic N) is 4. The van der Waals surface area contributed by atoms with Gasteiger partial charge < -0.3 is 15.7 Å². The predicted molar refractivity (Wildman–Crippen MR) is 89.7 cm³/mol. The highest BCUT2D eigenvalue weighted by Gasteiger charge is 2.20. The summed E-state index contributed by atoms with van der Waals surface area (Å²) in [5.41, 5.74) is 1.40. The number of benzene rings is 1. The van der Waals surface area contributed by atoms with Gasteiger partial charge in [-0.25, -0.2) is 4.39 Å². The largest absolute Gasteiger partial charge is 0.393 e. The Morgan fingerprint density at radius 1 is 1.32 bits per heavy atom. The number of tetrazole rings is 1. The van der Waals surface area contributed by atoms with Crippen LogP contribution in [0.1, 0.15) is 31.5 Å². The van der Waals surface area contributed by atoms with Crippen LogP contribution in [0.3, 0.4) is 0 Å². The molecule has 0 atom stereocenters. The van der Waals surface area contributed by atoms with Crippen molar-refractivity contribution < 1.29 is 9.50 Å². The van der Waals surface area contributed by atoms with Crippen LogP contribution in [0.5, 0.6) is 0 Å². The van der Waals surface area contributed by atoms with E-state index in [9.17, 15) is 14.8 Å². The van der Waals surface area contributed by atoms with E-state index in [0.29, 0.717) is 5.69 Å². The highest BCUT2D eigenvalue weighted by atomic mass is 19.1.